The second kappa shape index (κ2) is 4.63. The zero-order chi connectivity index (χ0) is 9.89. The molecule has 2 heteroatoms. The van der Waals surface area contributed by atoms with E-state index in [1.807, 2.05) is 27.7 Å². The largest absolute Gasteiger partial charge is 0.390 e. The van der Waals surface area contributed by atoms with Crippen LogP contribution in [0.25, 0.3) is 0 Å². The van der Waals surface area contributed by atoms with Crippen LogP contribution in [0.4, 0.5) is 0 Å². The van der Waals surface area contributed by atoms with Crippen molar-refractivity contribution in [3.63, 3.8) is 0 Å². The molecule has 0 bridgehead atoms. The fraction of sp³-hybridized carbons (Fsp3) is 0.800. The Labute approximate surface area is 74.9 Å². The van der Waals surface area contributed by atoms with Crippen LogP contribution in [0.3, 0.4) is 0 Å². The van der Waals surface area contributed by atoms with Gasteiger partial charge in [-0.3, -0.25) is 0 Å². The van der Waals surface area contributed by atoms with E-state index in [-0.39, 0.29) is 11.8 Å². The molecule has 0 fully saturated rings. The van der Waals surface area contributed by atoms with E-state index in [4.69, 9.17) is 0 Å². The zero-order valence-electron chi connectivity index (χ0n) is 8.41. The molecule has 0 aliphatic carbocycles. The second-order valence-corrected chi connectivity index (χ2v) is 3.91. The van der Waals surface area contributed by atoms with Crippen molar-refractivity contribution >= 4 is 0 Å². The third-order valence-electron chi connectivity index (χ3n) is 2.13. The van der Waals surface area contributed by atoms with Gasteiger partial charge in [0.25, 0.3) is 0 Å². The number of aliphatic hydroxyl groups is 2. The lowest BCUT2D eigenvalue weighted by molar-refractivity contribution is 0.00846. The molecule has 0 radical (unpaired) electrons. The number of aliphatic hydroxyl groups excluding tert-OH is 2. The van der Waals surface area contributed by atoms with Crippen LogP contribution in [0.5, 0.6) is 0 Å². The van der Waals surface area contributed by atoms with Crippen molar-refractivity contribution in [3.8, 4) is 0 Å². The fourth-order valence-electron chi connectivity index (χ4n) is 0.925. The summed E-state index contributed by atoms with van der Waals surface area (Å²) in [5, 5.41) is 19.1. The summed E-state index contributed by atoms with van der Waals surface area (Å²) in [6.45, 7) is 11.4. The van der Waals surface area contributed by atoms with Gasteiger partial charge in [0.15, 0.2) is 0 Å². The zero-order valence-corrected chi connectivity index (χ0v) is 8.41. The Kier molecular flexibility index (Phi) is 4.50. The Morgan fingerprint density at radius 1 is 1.08 bits per heavy atom. The summed E-state index contributed by atoms with van der Waals surface area (Å²) >= 11 is 0. The summed E-state index contributed by atoms with van der Waals surface area (Å²) in [5.74, 6) is 0.281. The first-order valence-corrected chi connectivity index (χ1v) is 4.42. The number of rotatable bonds is 4. The van der Waals surface area contributed by atoms with Crippen molar-refractivity contribution in [1.82, 2.24) is 0 Å². The van der Waals surface area contributed by atoms with Gasteiger partial charge in [0.1, 0.15) is 6.10 Å². The summed E-state index contributed by atoms with van der Waals surface area (Å²) in [6, 6.07) is 0. The normalized spacial score (nSPS) is 16.7. The monoisotopic (exact) mass is 172 g/mol. The second-order valence-electron chi connectivity index (χ2n) is 3.91. The van der Waals surface area contributed by atoms with Crippen molar-refractivity contribution < 1.29 is 10.2 Å². The smallest absolute Gasteiger partial charge is 0.101 e. The van der Waals surface area contributed by atoms with Crippen molar-refractivity contribution in [2.24, 2.45) is 11.8 Å². The minimum atomic E-state index is -0.787. The quantitative estimate of drug-likeness (QED) is 0.632. The van der Waals surface area contributed by atoms with E-state index in [1.54, 1.807) is 0 Å². The lowest BCUT2D eigenvalue weighted by Gasteiger charge is -2.24. The molecule has 0 aromatic heterocycles. The molecule has 0 rings (SSSR count). The lowest BCUT2D eigenvalue weighted by atomic mass is 9.91. The maximum atomic E-state index is 9.58. The first-order chi connectivity index (χ1) is 5.37. The molecule has 2 atom stereocenters. The Balaban J connectivity index is 4.19. The molecule has 2 unspecified atom stereocenters. The predicted octanol–water partition coefficient (Wildman–Crippen LogP) is 1.58. The van der Waals surface area contributed by atoms with Gasteiger partial charge in [-0.25, -0.2) is 0 Å². The molecular weight excluding hydrogens is 152 g/mol. The first-order valence-electron chi connectivity index (χ1n) is 4.42. The van der Waals surface area contributed by atoms with E-state index in [2.05, 4.69) is 6.58 Å². The van der Waals surface area contributed by atoms with Gasteiger partial charge in [-0.2, -0.15) is 0 Å². The molecule has 0 aromatic carbocycles. The third kappa shape index (κ3) is 2.95. The van der Waals surface area contributed by atoms with E-state index in [1.165, 1.54) is 0 Å². The molecule has 0 saturated heterocycles. The molecule has 0 aliphatic rings. The standard InChI is InChI=1S/C10H20O2/c1-6(2)8(5)10(12)9(11)7(3)4/h6-7,9-12H,5H2,1-4H3. The first kappa shape index (κ1) is 11.7. The van der Waals surface area contributed by atoms with E-state index >= 15 is 0 Å². The minimum absolute atomic E-state index is 0.0653. The molecular formula is C10H20O2. The van der Waals surface area contributed by atoms with Gasteiger partial charge in [-0.05, 0) is 17.4 Å². The molecule has 72 valence electrons. The molecule has 0 amide bonds. The topological polar surface area (TPSA) is 40.5 Å². The van der Waals surface area contributed by atoms with Gasteiger partial charge in [-0.1, -0.05) is 34.3 Å². The van der Waals surface area contributed by atoms with Crippen LogP contribution < -0.4 is 0 Å². The highest BCUT2D eigenvalue weighted by Gasteiger charge is 2.23. The van der Waals surface area contributed by atoms with E-state index in [0.717, 1.165) is 0 Å². The third-order valence-corrected chi connectivity index (χ3v) is 2.13. The average molecular weight is 172 g/mol. The highest BCUT2D eigenvalue weighted by atomic mass is 16.3. The summed E-state index contributed by atoms with van der Waals surface area (Å²) in [4.78, 5) is 0. The Morgan fingerprint density at radius 2 is 1.50 bits per heavy atom. The highest BCUT2D eigenvalue weighted by molar-refractivity contribution is 5.07. The van der Waals surface area contributed by atoms with Gasteiger partial charge in [0.2, 0.25) is 0 Å². The van der Waals surface area contributed by atoms with Crippen LogP contribution in [0.1, 0.15) is 27.7 Å². The summed E-state index contributed by atoms with van der Waals surface area (Å²) in [6.07, 6.45) is -1.48. The molecule has 0 spiro atoms. The SMILES string of the molecule is C=C(C(C)C)C(O)C(O)C(C)C. The van der Waals surface area contributed by atoms with E-state index in [0.29, 0.717) is 5.57 Å². The molecule has 0 saturated carbocycles. The Bertz CT molecular complexity index is 150. The van der Waals surface area contributed by atoms with Crippen molar-refractivity contribution in [2.75, 3.05) is 0 Å². The molecule has 0 aromatic rings. The number of hydrogen-bond acceptors (Lipinski definition) is 2. The van der Waals surface area contributed by atoms with Crippen LogP contribution in [0, 0.1) is 11.8 Å². The van der Waals surface area contributed by atoms with Crippen LogP contribution in [-0.4, -0.2) is 22.4 Å². The summed E-state index contributed by atoms with van der Waals surface area (Å²) in [7, 11) is 0. The van der Waals surface area contributed by atoms with E-state index in [9.17, 15) is 10.2 Å². The van der Waals surface area contributed by atoms with Crippen molar-refractivity contribution in [2.45, 2.75) is 39.9 Å². The lowest BCUT2D eigenvalue weighted by Crippen LogP contribution is -2.33. The average Bonchev–Trinajstić information content (AvgIpc) is 2.00. The molecule has 0 heterocycles. The summed E-state index contributed by atoms with van der Waals surface area (Å²) in [5.41, 5.74) is 0.705. The Morgan fingerprint density at radius 3 is 1.75 bits per heavy atom. The Hall–Kier alpha value is -0.340. The number of hydrogen-bond donors (Lipinski definition) is 2. The van der Waals surface area contributed by atoms with Crippen LogP contribution in [0.2, 0.25) is 0 Å². The maximum Gasteiger partial charge on any atom is 0.101 e. The molecule has 12 heavy (non-hydrogen) atoms. The van der Waals surface area contributed by atoms with Crippen LogP contribution in [0.15, 0.2) is 12.2 Å². The van der Waals surface area contributed by atoms with Gasteiger partial charge >= 0.3 is 0 Å². The van der Waals surface area contributed by atoms with E-state index < -0.39 is 12.2 Å². The molecule has 0 aliphatic heterocycles. The van der Waals surface area contributed by atoms with Gasteiger partial charge < -0.3 is 10.2 Å². The maximum absolute atomic E-state index is 9.58. The molecule has 2 nitrogen and oxygen atoms in total. The molecule has 2 N–H and O–H groups in total. The van der Waals surface area contributed by atoms with Gasteiger partial charge in [-0.15, -0.1) is 0 Å². The van der Waals surface area contributed by atoms with Gasteiger partial charge in [0.05, 0.1) is 6.10 Å². The van der Waals surface area contributed by atoms with Crippen molar-refractivity contribution in [1.29, 1.82) is 0 Å². The van der Waals surface area contributed by atoms with Gasteiger partial charge in [0, 0.05) is 0 Å². The summed E-state index contributed by atoms with van der Waals surface area (Å²) < 4.78 is 0. The fourth-order valence-corrected chi connectivity index (χ4v) is 0.925. The minimum Gasteiger partial charge on any atom is -0.390 e. The van der Waals surface area contributed by atoms with Crippen LogP contribution in [-0.2, 0) is 0 Å². The highest BCUT2D eigenvalue weighted by Crippen LogP contribution is 2.18. The predicted molar refractivity (Wildman–Crippen MR) is 50.8 cm³/mol. The van der Waals surface area contributed by atoms with Crippen LogP contribution >= 0.6 is 0 Å². The van der Waals surface area contributed by atoms with Crippen molar-refractivity contribution in [3.05, 3.63) is 12.2 Å².